The summed E-state index contributed by atoms with van der Waals surface area (Å²) in [6, 6.07) is 0.791. The monoisotopic (exact) mass is 282 g/mol. The molecule has 1 rings (SSSR count). The fourth-order valence-electron chi connectivity index (χ4n) is 3.44. The minimum atomic E-state index is 0.777. The van der Waals surface area contributed by atoms with Crippen LogP contribution in [0.3, 0.4) is 0 Å². The van der Waals surface area contributed by atoms with Gasteiger partial charge in [-0.1, -0.05) is 40.5 Å². The molecule has 20 heavy (non-hydrogen) atoms. The van der Waals surface area contributed by atoms with Crippen molar-refractivity contribution in [3.05, 3.63) is 0 Å². The van der Waals surface area contributed by atoms with Crippen LogP contribution in [0.1, 0.15) is 66.7 Å². The van der Waals surface area contributed by atoms with E-state index < -0.39 is 0 Å². The lowest BCUT2D eigenvalue weighted by molar-refractivity contribution is 0.0781. The van der Waals surface area contributed by atoms with E-state index in [4.69, 9.17) is 0 Å². The van der Waals surface area contributed by atoms with Crippen LogP contribution in [0.5, 0.6) is 0 Å². The fraction of sp³-hybridized carbons (Fsp3) is 1.00. The van der Waals surface area contributed by atoms with Crippen molar-refractivity contribution >= 4 is 0 Å². The van der Waals surface area contributed by atoms with Crippen molar-refractivity contribution in [1.29, 1.82) is 0 Å². The normalized spacial score (nSPS) is 28.2. The summed E-state index contributed by atoms with van der Waals surface area (Å²) >= 11 is 0. The van der Waals surface area contributed by atoms with Crippen molar-refractivity contribution in [3.63, 3.8) is 0 Å². The Morgan fingerprint density at radius 3 is 2.45 bits per heavy atom. The molecule has 0 aliphatic carbocycles. The van der Waals surface area contributed by atoms with Crippen LogP contribution in [-0.2, 0) is 0 Å². The SMILES string of the molecule is CC(C)CNCCCCCCN1CC(C)CC(C)C1C. The molecule has 0 aromatic heterocycles. The Hall–Kier alpha value is -0.0800. The number of likely N-dealkylation sites (tertiary alicyclic amines) is 1. The van der Waals surface area contributed by atoms with Gasteiger partial charge < -0.3 is 10.2 Å². The molecular weight excluding hydrogens is 244 g/mol. The summed E-state index contributed by atoms with van der Waals surface area (Å²) in [6.45, 7) is 16.8. The van der Waals surface area contributed by atoms with Crippen LogP contribution in [0, 0.1) is 17.8 Å². The van der Waals surface area contributed by atoms with Gasteiger partial charge in [0.05, 0.1) is 0 Å². The topological polar surface area (TPSA) is 15.3 Å². The van der Waals surface area contributed by atoms with Crippen LogP contribution in [0.25, 0.3) is 0 Å². The third-order valence-electron chi connectivity index (χ3n) is 4.82. The smallest absolute Gasteiger partial charge is 0.00927 e. The highest BCUT2D eigenvalue weighted by Gasteiger charge is 2.27. The summed E-state index contributed by atoms with van der Waals surface area (Å²) in [5.41, 5.74) is 0. The summed E-state index contributed by atoms with van der Waals surface area (Å²) in [7, 11) is 0. The van der Waals surface area contributed by atoms with Gasteiger partial charge in [0.25, 0.3) is 0 Å². The molecule has 0 bridgehead atoms. The van der Waals surface area contributed by atoms with Gasteiger partial charge >= 0.3 is 0 Å². The first-order valence-electron chi connectivity index (χ1n) is 8.95. The molecule has 1 N–H and O–H groups in total. The molecule has 1 fully saturated rings. The van der Waals surface area contributed by atoms with Crippen molar-refractivity contribution < 1.29 is 0 Å². The van der Waals surface area contributed by atoms with E-state index in [2.05, 4.69) is 44.8 Å². The summed E-state index contributed by atoms with van der Waals surface area (Å²) in [5.74, 6) is 2.54. The molecule has 3 unspecified atom stereocenters. The molecule has 1 heterocycles. The maximum atomic E-state index is 3.53. The lowest BCUT2D eigenvalue weighted by Gasteiger charge is -2.41. The molecule has 0 spiro atoms. The molecular formula is C18H38N2. The third kappa shape index (κ3) is 7.08. The molecule has 0 saturated carbocycles. The van der Waals surface area contributed by atoms with Gasteiger partial charge in [-0.2, -0.15) is 0 Å². The molecule has 120 valence electrons. The zero-order valence-electron chi connectivity index (χ0n) is 14.6. The van der Waals surface area contributed by atoms with Gasteiger partial charge in [-0.25, -0.2) is 0 Å². The van der Waals surface area contributed by atoms with E-state index >= 15 is 0 Å². The minimum Gasteiger partial charge on any atom is -0.316 e. The van der Waals surface area contributed by atoms with Crippen molar-refractivity contribution in [2.45, 2.75) is 72.8 Å². The van der Waals surface area contributed by atoms with E-state index in [9.17, 15) is 0 Å². The zero-order chi connectivity index (χ0) is 15.0. The lowest BCUT2D eigenvalue weighted by atomic mass is 9.86. The second kappa shape index (κ2) is 9.78. The third-order valence-corrected chi connectivity index (χ3v) is 4.82. The average Bonchev–Trinajstić information content (AvgIpc) is 2.37. The van der Waals surface area contributed by atoms with Gasteiger partial charge in [-0.15, -0.1) is 0 Å². The Morgan fingerprint density at radius 2 is 1.75 bits per heavy atom. The molecule has 0 radical (unpaired) electrons. The highest BCUT2D eigenvalue weighted by Crippen LogP contribution is 2.27. The number of nitrogens with one attached hydrogen (secondary N) is 1. The van der Waals surface area contributed by atoms with Crippen LogP contribution >= 0.6 is 0 Å². The Bertz CT molecular complexity index is 240. The van der Waals surface area contributed by atoms with E-state index in [0.717, 1.165) is 23.8 Å². The van der Waals surface area contributed by atoms with Crippen LogP contribution in [-0.4, -0.2) is 37.1 Å². The standard InChI is InChI=1S/C18H38N2/c1-15(2)13-19-10-8-6-7-9-11-20-14-16(3)12-17(4)18(20)5/h15-19H,6-14H2,1-5H3. The van der Waals surface area contributed by atoms with Crippen molar-refractivity contribution in [3.8, 4) is 0 Å². The molecule has 1 aliphatic heterocycles. The lowest BCUT2D eigenvalue weighted by Crippen LogP contribution is -2.45. The largest absolute Gasteiger partial charge is 0.316 e. The van der Waals surface area contributed by atoms with Crippen LogP contribution in [0.2, 0.25) is 0 Å². The predicted octanol–water partition coefficient (Wildman–Crippen LogP) is 4.16. The van der Waals surface area contributed by atoms with E-state index in [1.807, 2.05) is 0 Å². The highest BCUT2D eigenvalue weighted by molar-refractivity contribution is 4.81. The van der Waals surface area contributed by atoms with Gasteiger partial charge in [-0.3, -0.25) is 0 Å². The summed E-state index contributed by atoms with van der Waals surface area (Å²) < 4.78 is 0. The van der Waals surface area contributed by atoms with E-state index in [-0.39, 0.29) is 0 Å². The highest BCUT2D eigenvalue weighted by atomic mass is 15.2. The van der Waals surface area contributed by atoms with Crippen LogP contribution < -0.4 is 5.32 Å². The molecule has 0 amide bonds. The summed E-state index contributed by atoms with van der Waals surface area (Å²) in [6.07, 6.45) is 6.93. The molecule has 3 atom stereocenters. The maximum absolute atomic E-state index is 3.53. The molecule has 0 aromatic carbocycles. The molecule has 0 aromatic rings. The van der Waals surface area contributed by atoms with Gasteiger partial charge in [0.2, 0.25) is 0 Å². The number of unbranched alkanes of at least 4 members (excludes halogenated alkanes) is 3. The Morgan fingerprint density at radius 1 is 1.05 bits per heavy atom. The second-order valence-corrected chi connectivity index (χ2v) is 7.57. The summed E-state index contributed by atoms with van der Waals surface area (Å²) in [4.78, 5) is 2.73. The van der Waals surface area contributed by atoms with E-state index in [0.29, 0.717) is 0 Å². The first-order chi connectivity index (χ1) is 9.50. The summed E-state index contributed by atoms with van der Waals surface area (Å²) in [5, 5.41) is 3.53. The number of rotatable bonds is 9. The van der Waals surface area contributed by atoms with E-state index in [1.165, 1.54) is 58.3 Å². The van der Waals surface area contributed by atoms with Crippen molar-refractivity contribution in [1.82, 2.24) is 10.2 Å². The molecule has 1 saturated heterocycles. The minimum absolute atomic E-state index is 0.777. The Balaban J connectivity index is 2.00. The zero-order valence-corrected chi connectivity index (χ0v) is 14.6. The van der Waals surface area contributed by atoms with Crippen LogP contribution in [0.4, 0.5) is 0 Å². The Kier molecular flexibility index (Phi) is 8.79. The molecule has 2 nitrogen and oxygen atoms in total. The number of piperidine rings is 1. The number of hydrogen-bond acceptors (Lipinski definition) is 2. The maximum Gasteiger partial charge on any atom is 0.00927 e. The van der Waals surface area contributed by atoms with Gasteiger partial charge in [0, 0.05) is 12.6 Å². The van der Waals surface area contributed by atoms with Gasteiger partial charge in [0.15, 0.2) is 0 Å². The molecule has 2 heteroatoms. The first kappa shape index (κ1) is 18.0. The van der Waals surface area contributed by atoms with Crippen molar-refractivity contribution in [2.75, 3.05) is 26.2 Å². The molecule has 1 aliphatic rings. The van der Waals surface area contributed by atoms with Gasteiger partial charge in [0.1, 0.15) is 0 Å². The number of nitrogens with zero attached hydrogens (tertiary/aromatic N) is 1. The van der Waals surface area contributed by atoms with Gasteiger partial charge in [-0.05, 0) is 63.6 Å². The van der Waals surface area contributed by atoms with E-state index in [1.54, 1.807) is 0 Å². The number of hydrogen-bond donors (Lipinski definition) is 1. The first-order valence-corrected chi connectivity index (χ1v) is 8.95. The fourth-order valence-corrected chi connectivity index (χ4v) is 3.44. The average molecular weight is 283 g/mol. The predicted molar refractivity (Wildman–Crippen MR) is 90.2 cm³/mol. The van der Waals surface area contributed by atoms with Crippen molar-refractivity contribution in [2.24, 2.45) is 17.8 Å². The van der Waals surface area contributed by atoms with Crippen LogP contribution in [0.15, 0.2) is 0 Å². The quantitative estimate of drug-likeness (QED) is 0.639. The Labute approximate surface area is 127 Å². The second-order valence-electron chi connectivity index (χ2n) is 7.57.